The molecule has 9 heteroatoms. The maximum atomic E-state index is 12.5. The summed E-state index contributed by atoms with van der Waals surface area (Å²) in [6, 6.07) is 4.52. The highest BCUT2D eigenvalue weighted by molar-refractivity contribution is 6.12. The Labute approximate surface area is 155 Å². The van der Waals surface area contributed by atoms with Gasteiger partial charge in [0.1, 0.15) is 16.9 Å². The van der Waals surface area contributed by atoms with Gasteiger partial charge in [0.05, 0.1) is 20.8 Å². The Morgan fingerprint density at radius 1 is 1.11 bits per heavy atom. The number of methoxy groups -OCH3 is 2. The Hall–Kier alpha value is -3.49. The third-order valence-corrected chi connectivity index (χ3v) is 3.68. The summed E-state index contributed by atoms with van der Waals surface area (Å²) in [5.41, 5.74) is 5.21. The van der Waals surface area contributed by atoms with E-state index >= 15 is 0 Å². The van der Waals surface area contributed by atoms with Gasteiger partial charge < -0.3 is 24.4 Å². The van der Waals surface area contributed by atoms with Crippen molar-refractivity contribution >= 4 is 23.7 Å². The largest absolute Gasteiger partial charge is 0.493 e. The lowest BCUT2D eigenvalue weighted by Gasteiger charge is -2.09. The molecular formula is C18H20N2O7. The second-order valence-electron chi connectivity index (χ2n) is 5.35. The molecule has 0 aliphatic rings. The Kier molecular flexibility index (Phi) is 6.07. The number of nitrogens with one attached hydrogen (secondary N) is 1. The molecule has 2 amide bonds. The zero-order valence-electron chi connectivity index (χ0n) is 15.4. The Morgan fingerprint density at radius 3 is 2.33 bits per heavy atom. The summed E-state index contributed by atoms with van der Waals surface area (Å²) < 4.78 is 20.6. The number of rotatable bonds is 7. The molecular weight excluding hydrogens is 356 g/mol. The van der Waals surface area contributed by atoms with E-state index in [1.54, 1.807) is 13.0 Å². The molecule has 1 heterocycles. The number of esters is 1. The number of primary amides is 1. The van der Waals surface area contributed by atoms with Crippen LogP contribution >= 0.6 is 0 Å². The normalized spacial score (nSPS) is 10.2. The van der Waals surface area contributed by atoms with Crippen LogP contribution in [0.25, 0.3) is 0 Å². The average molecular weight is 376 g/mol. The molecule has 3 N–H and O–H groups in total. The highest BCUT2D eigenvalue weighted by atomic mass is 16.5. The molecule has 27 heavy (non-hydrogen) atoms. The van der Waals surface area contributed by atoms with E-state index in [1.165, 1.54) is 33.3 Å². The number of aryl methyl sites for hydroxylation is 1. The van der Waals surface area contributed by atoms with Gasteiger partial charge in [0.15, 0.2) is 11.5 Å². The highest BCUT2D eigenvalue weighted by Gasteiger charge is 2.29. The van der Waals surface area contributed by atoms with E-state index in [-0.39, 0.29) is 34.9 Å². The Morgan fingerprint density at radius 2 is 1.78 bits per heavy atom. The molecule has 1 aromatic carbocycles. The molecule has 0 atom stereocenters. The summed E-state index contributed by atoms with van der Waals surface area (Å²) in [5, 5.41) is 2.44. The lowest BCUT2D eigenvalue weighted by molar-refractivity contribution is 0.0521. The monoisotopic (exact) mass is 376 g/mol. The average Bonchev–Trinajstić information content (AvgIpc) is 2.97. The predicted octanol–water partition coefficient (Wildman–Crippen LogP) is 2.13. The number of carbonyl (C=O) groups is 3. The molecule has 0 spiro atoms. The summed E-state index contributed by atoms with van der Waals surface area (Å²) in [6.07, 6.45) is 0. The topological polar surface area (TPSA) is 130 Å². The number of furan rings is 1. The number of carbonyl (C=O) groups excluding carboxylic acids is 3. The van der Waals surface area contributed by atoms with Crippen molar-refractivity contribution in [3.05, 3.63) is 40.6 Å². The first-order chi connectivity index (χ1) is 12.8. The van der Waals surface area contributed by atoms with Crippen molar-refractivity contribution in [1.29, 1.82) is 0 Å². The van der Waals surface area contributed by atoms with Crippen LogP contribution in [0.5, 0.6) is 11.5 Å². The number of anilines is 1. The summed E-state index contributed by atoms with van der Waals surface area (Å²) in [6.45, 7) is 3.19. The Bertz CT molecular complexity index is 886. The number of ether oxygens (including phenoxy) is 3. The maximum absolute atomic E-state index is 12.5. The number of hydrogen-bond donors (Lipinski definition) is 2. The summed E-state index contributed by atoms with van der Waals surface area (Å²) >= 11 is 0. The van der Waals surface area contributed by atoms with Gasteiger partial charge in [-0.15, -0.1) is 0 Å². The minimum atomic E-state index is -0.933. The molecule has 144 valence electrons. The molecule has 0 bridgehead atoms. The van der Waals surface area contributed by atoms with Crippen molar-refractivity contribution in [3.63, 3.8) is 0 Å². The van der Waals surface area contributed by atoms with Crippen molar-refractivity contribution in [3.8, 4) is 11.5 Å². The lowest BCUT2D eigenvalue weighted by atomic mass is 10.1. The van der Waals surface area contributed by atoms with Gasteiger partial charge in [-0.05, 0) is 32.0 Å². The summed E-state index contributed by atoms with van der Waals surface area (Å²) in [7, 11) is 2.91. The second-order valence-corrected chi connectivity index (χ2v) is 5.35. The first-order valence-corrected chi connectivity index (χ1v) is 7.97. The zero-order valence-corrected chi connectivity index (χ0v) is 15.4. The molecule has 0 aliphatic heterocycles. The van der Waals surface area contributed by atoms with Gasteiger partial charge in [-0.3, -0.25) is 14.9 Å². The summed E-state index contributed by atoms with van der Waals surface area (Å²) in [5.74, 6) is -1.62. The van der Waals surface area contributed by atoms with Gasteiger partial charge in [0.25, 0.3) is 11.8 Å². The minimum Gasteiger partial charge on any atom is -0.493 e. The summed E-state index contributed by atoms with van der Waals surface area (Å²) in [4.78, 5) is 36.5. The zero-order chi connectivity index (χ0) is 20.1. The van der Waals surface area contributed by atoms with Crippen molar-refractivity contribution < 1.29 is 33.0 Å². The third kappa shape index (κ3) is 4.02. The first-order valence-electron chi connectivity index (χ1n) is 7.97. The number of amides is 2. The molecule has 0 aliphatic carbocycles. The van der Waals surface area contributed by atoms with E-state index in [4.69, 9.17) is 24.4 Å². The fourth-order valence-corrected chi connectivity index (χ4v) is 2.47. The maximum Gasteiger partial charge on any atom is 0.342 e. The van der Waals surface area contributed by atoms with Gasteiger partial charge in [0.2, 0.25) is 5.88 Å². The molecule has 0 radical (unpaired) electrons. The molecule has 9 nitrogen and oxygen atoms in total. The van der Waals surface area contributed by atoms with Crippen LogP contribution in [0.4, 0.5) is 5.88 Å². The van der Waals surface area contributed by atoms with Crippen LogP contribution in [-0.2, 0) is 4.74 Å². The molecule has 0 saturated heterocycles. The molecule has 1 aromatic heterocycles. The fraction of sp³-hybridized carbons (Fsp3) is 0.278. The SMILES string of the molecule is CCOC(=O)c1c(C)oc(NC(=O)c2ccc(OC)c(OC)c2)c1C(N)=O. The van der Waals surface area contributed by atoms with Crippen LogP contribution in [0, 0.1) is 6.92 Å². The molecule has 2 rings (SSSR count). The van der Waals surface area contributed by atoms with Gasteiger partial charge in [-0.2, -0.15) is 0 Å². The fourth-order valence-electron chi connectivity index (χ4n) is 2.47. The first kappa shape index (κ1) is 19.8. The van der Waals surface area contributed by atoms with Crippen LogP contribution in [0.2, 0.25) is 0 Å². The van der Waals surface area contributed by atoms with Gasteiger partial charge in [0, 0.05) is 5.56 Å². The van der Waals surface area contributed by atoms with Crippen molar-refractivity contribution in [2.24, 2.45) is 5.73 Å². The van der Waals surface area contributed by atoms with Crippen LogP contribution in [0.1, 0.15) is 43.8 Å². The van der Waals surface area contributed by atoms with E-state index in [0.29, 0.717) is 11.5 Å². The van der Waals surface area contributed by atoms with E-state index in [2.05, 4.69) is 5.32 Å². The molecule has 0 unspecified atom stereocenters. The van der Waals surface area contributed by atoms with Crippen molar-refractivity contribution in [2.45, 2.75) is 13.8 Å². The van der Waals surface area contributed by atoms with E-state index in [0.717, 1.165) is 0 Å². The van der Waals surface area contributed by atoms with Crippen molar-refractivity contribution in [2.75, 3.05) is 26.1 Å². The Balaban J connectivity index is 2.40. The predicted molar refractivity (Wildman–Crippen MR) is 95.4 cm³/mol. The minimum absolute atomic E-state index is 0.102. The highest BCUT2D eigenvalue weighted by Crippen LogP contribution is 2.30. The van der Waals surface area contributed by atoms with E-state index < -0.39 is 17.8 Å². The number of benzene rings is 1. The third-order valence-electron chi connectivity index (χ3n) is 3.68. The van der Waals surface area contributed by atoms with Crippen LogP contribution in [0.15, 0.2) is 22.6 Å². The van der Waals surface area contributed by atoms with E-state index in [9.17, 15) is 14.4 Å². The van der Waals surface area contributed by atoms with E-state index in [1.807, 2.05) is 0 Å². The smallest absolute Gasteiger partial charge is 0.342 e. The van der Waals surface area contributed by atoms with Crippen LogP contribution in [-0.4, -0.2) is 38.6 Å². The van der Waals surface area contributed by atoms with Gasteiger partial charge in [-0.25, -0.2) is 4.79 Å². The van der Waals surface area contributed by atoms with Crippen molar-refractivity contribution in [1.82, 2.24) is 0 Å². The number of hydrogen-bond acceptors (Lipinski definition) is 7. The molecule has 0 fully saturated rings. The molecule has 0 saturated carbocycles. The molecule has 2 aromatic rings. The standard InChI is InChI=1S/C18H20N2O7/c1-5-26-18(23)13-9(2)27-17(14(13)15(19)21)20-16(22)10-6-7-11(24-3)12(8-10)25-4/h6-8H,5H2,1-4H3,(H2,19,21)(H,20,22). The van der Waals surface area contributed by atoms with Crippen LogP contribution < -0.4 is 20.5 Å². The van der Waals surface area contributed by atoms with Gasteiger partial charge in [-0.1, -0.05) is 0 Å². The number of nitrogens with two attached hydrogens (primary N) is 1. The van der Waals surface area contributed by atoms with Crippen LogP contribution in [0.3, 0.4) is 0 Å². The second kappa shape index (κ2) is 8.26. The lowest BCUT2D eigenvalue weighted by Crippen LogP contribution is -2.20. The van der Waals surface area contributed by atoms with Gasteiger partial charge >= 0.3 is 5.97 Å². The quantitative estimate of drug-likeness (QED) is 0.708.